The molecule has 4 aromatic heterocycles. The first-order valence-corrected chi connectivity index (χ1v) is 20.5. The smallest absolute Gasteiger partial charge is 0.410 e. The van der Waals surface area contributed by atoms with Gasteiger partial charge in [-0.3, -0.25) is 14.3 Å². The number of rotatable bonds is 8. The zero-order chi connectivity index (χ0) is 41.4. The fourth-order valence-electron chi connectivity index (χ4n) is 7.78. The highest BCUT2D eigenvalue weighted by atomic mass is 32.2. The molecule has 1 aliphatic heterocycles. The molecule has 7 rings (SSSR count). The van der Waals surface area contributed by atoms with Crippen LogP contribution in [0.3, 0.4) is 0 Å². The van der Waals surface area contributed by atoms with Crippen LogP contribution in [0.25, 0.3) is 22.0 Å². The number of hydrogen-bond donors (Lipinski definition) is 1. The van der Waals surface area contributed by atoms with Gasteiger partial charge in [0.1, 0.15) is 21.6 Å². The quantitative estimate of drug-likeness (QED) is 0.168. The molecule has 0 bridgehead atoms. The van der Waals surface area contributed by atoms with Crippen LogP contribution in [0.4, 0.5) is 4.79 Å². The number of fused-ring (bicyclic) bond motifs is 1. The van der Waals surface area contributed by atoms with Gasteiger partial charge in [-0.25, -0.2) is 17.2 Å². The lowest BCUT2D eigenvalue weighted by Gasteiger charge is -2.40. The number of aromatic nitrogens is 5. The topological polar surface area (TPSA) is 151 Å². The van der Waals surface area contributed by atoms with Crippen molar-refractivity contribution in [1.82, 2.24) is 28.2 Å². The van der Waals surface area contributed by atoms with Crippen LogP contribution in [-0.4, -0.2) is 66.2 Å². The van der Waals surface area contributed by atoms with Crippen molar-refractivity contribution in [3.8, 4) is 22.6 Å². The van der Waals surface area contributed by atoms with Gasteiger partial charge in [0.2, 0.25) is 10.0 Å². The van der Waals surface area contributed by atoms with E-state index in [1.165, 1.54) is 18.5 Å². The summed E-state index contributed by atoms with van der Waals surface area (Å²) in [6.45, 7) is 19.2. The van der Waals surface area contributed by atoms with E-state index in [-0.39, 0.29) is 36.2 Å². The standard InChI is InChI=1S/C43H50N6O7S/c1-25(2)48-23-34(29(6)45-48)35-16-12-15-28(5)43(35,10)57(53,54)49-18-17-31-33(20-44-40(51)38(31)49)32-19-37(50)47(30-21-46(22-30)41(52)56-42(7,8)9)24-36(32)55-39-26(3)13-11-14-27(39)4/h11-20,23-25,30,35H,21-22H2,1-10H3,(H,44,51). The van der Waals surface area contributed by atoms with Crippen molar-refractivity contribution in [2.45, 2.75) is 97.6 Å². The second-order valence-electron chi connectivity index (χ2n) is 16.6. The molecule has 14 heteroatoms. The van der Waals surface area contributed by atoms with Gasteiger partial charge in [0.15, 0.2) is 5.75 Å². The molecule has 0 saturated carbocycles. The number of aromatic amines is 1. The summed E-state index contributed by atoms with van der Waals surface area (Å²) in [5, 5.41) is 5.00. The van der Waals surface area contributed by atoms with Crippen LogP contribution in [0.15, 0.2) is 88.5 Å². The first kappa shape index (κ1) is 39.6. The van der Waals surface area contributed by atoms with E-state index in [2.05, 4.69) is 10.1 Å². The van der Waals surface area contributed by atoms with Gasteiger partial charge in [-0.2, -0.15) is 5.10 Å². The van der Waals surface area contributed by atoms with E-state index in [1.54, 1.807) is 62.4 Å². The molecule has 2 atom stereocenters. The number of amides is 1. The molecule has 0 spiro atoms. The molecule has 5 heterocycles. The summed E-state index contributed by atoms with van der Waals surface area (Å²) < 4.78 is 45.5. The molecule has 1 aliphatic carbocycles. The molecule has 57 heavy (non-hydrogen) atoms. The largest absolute Gasteiger partial charge is 0.455 e. The number of aryl methyl sites for hydroxylation is 3. The van der Waals surface area contributed by atoms with Crippen LogP contribution in [-0.2, 0) is 14.8 Å². The van der Waals surface area contributed by atoms with E-state index in [0.29, 0.717) is 33.6 Å². The summed E-state index contributed by atoms with van der Waals surface area (Å²) in [7, 11) is -4.36. The molecule has 0 radical (unpaired) electrons. The number of pyridine rings is 2. The number of nitrogens with zero attached hydrogens (tertiary/aromatic N) is 5. The van der Waals surface area contributed by atoms with Gasteiger partial charge >= 0.3 is 6.09 Å². The van der Waals surface area contributed by atoms with Crippen molar-refractivity contribution in [3.05, 3.63) is 122 Å². The number of allylic oxidation sites excluding steroid dienone is 3. The van der Waals surface area contributed by atoms with Crippen molar-refractivity contribution < 1.29 is 22.7 Å². The molecule has 1 saturated heterocycles. The van der Waals surface area contributed by atoms with Gasteiger partial charge in [0.05, 0.1) is 17.9 Å². The number of para-hydroxylation sites is 1. The van der Waals surface area contributed by atoms with Gasteiger partial charge in [-0.15, -0.1) is 0 Å². The number of nitrogens with one attached hydrogen (secondary N) is 1. The highest BCUT2D eigenvalue weighted by molar-refractivity contribution is 7.91. The highest BCUT2D eigenvalue weighted by Gasteiger charge is 2.50. The van der Waals surface area contributed by atoms with Crippen molar-refractivity contribution >= 4 is 27.0 Å². The van der Waals surface area contributed by atoms with E-state index >= 15 is 8.42 Å². The third kappa shape index (κ3) is 6.73. The maximum atomic E-state index is 15.2. The molecule has 1 N–H and O–H groups in total. The van der Waals surface area contributed by atoms with E-state index in [1.807, 2.05) is 75.8 Å². The third-order valence-corrected chi connectivity index (χ3v) is 13.7. The SMILES string of the molecule is CC1=CC=CC(c2cn(C(C)C)nc2C)C1(C)S(=O)(=O)n1ccc2c(-c3cc(=O)n(C4CN(C(=O)OC(C)(C)C)C4)cc3Oc3c(C)cccc3C)c[nH]c(=O)c21. The Kier molecular flexibility index (Phi) is 9.78. The van der Waals surface area contributed by atoms with Gasteiger partial charge < -0.3 is 23.9 Å². The monoisotopic (exact) mass is 794 g/mol. The lowest BCUT2D eigenvalue weighted by molar-refractivity contribution is 0.000617. The van der Waals surface area contributed by atoms with Gasteiger partial charge in [-0.1, -0.05) is 36.4 Å². The number of carbonyl (C=O) groups is 1. The second kappa shape index (κ2) is 14.1. The van der Waals surface area contributed by atoms with Crippen LogP contribution < -0.4 is 15.9 Å². The number of likely N-dealkylation sites (tertiary alicyclic amines) is 1. The van der Waals surface area contributed by atoms with Gasteiger partial charge in [0.25, 0.3) is 11.1 Å². The summed E-state index contributed by atoms with van der Waals surface area (Å²) in [6.07, 6.45) is 11.5. The summed E-state index contributed by atoms with van der Waals surface area (Å²) in [5.41, 5.74) is 2.88. The number of hydrogen-bond acceptors (Lipinski definition) is 8. The maximum absolute atomic E-state index is 15.2. The first-order chi connectivity index (χ1) is 26.7. The number of benzene rings is 1. The fourth-order valence-corrected chi connectivity index (χ4v) is 9.84. The first-order valence-electron chi connectivity index (χ1n) is 19.1. The molecule has 1 amide bonds. The van der Waals surface area contributed by atoms with Crippen LogP contribution in [0.5, 0.6) is 11.5 Å². The van der Waals surface area contributed by atoms with E-state index < -0.39 is 37.9 Å². The van der Waals surface area contributed by atoms with Crippen molar-refractivity contribution in [1.29, 1.82) is 0 Å². The molecule has 300 valence electrons. The lowest BCUT2D eigenvalue weighted by atomic mass is 9.79. The Hall–Kier alpha value is -5.63. The maximum Gasteiger partial charge on any atom is 0.410 e. The predicted molar refractivity (Wildman–Crippen MR) is 221 cm³/mol. The summed E-state index contributed by atoms with van der Waals surface area (Å²) >= 11 is 0. The Morgan fingerprint density at radius 2 is 1.70 bits per heavy atom. The Balaban J connectivity index is 1.36. The fraction of sp³-hybridized carbons (Fsp3) is 0.395. The summed E-state index contributed by atoms with van der Waals surface area (Å²) in [6, 6.07) is 8.53. The lowest BCUT2D eigenvalue weighted by Crippen LogP contribution is -2.53. The molecule has 2 aliphatic rings. The van der Waals surface area contributed by atoms with Gasteiger partial charge in [0, 0.05) is 71.8 Å². The molecule has 1 aromatic carbocycles. The van der Waals surface area contributed by atoms with E-state index in [4.69, 9.17) is 9.47 Å². The Morgan fingerprint density at radius 1 is 1.02 bits per heavy atom. The van der Waals surface area contributed by atoms with Gasteiger partial charge in [-0.05, 0) is 92.0 Å². The highest BCUT2D eigenvalue weighted by Crippen LogP contribution is 2.47. The summed E-state index contributed by atoms with van der Waals surface area (Å²) in [4.78, 5) is 44.8. The minimum Gasteiger partial charge on any atom is -0.455 e. The van der Waals surface area contributed by atoms with Crippen LogP contribution in [0, 0.1) is 20.8 Å². The zero-order valence-corrected chi connectivity index (χ0v) is 34.9. The Labute approximate surface area is 332 Å². The summed E-state index contributed by atoms with van der Waals surface area (Å²) in [5.74, 6) is 0.298. The Bertz CT molecular complexity index is 2700. The zero-order valence-electron chi connectivity index (χ0n) is 34.1. The second-order valence-corrected chi connectivity index (χ2v) is 18.8. The minimum absolute atomic E-state index is 0.0706. The predicted octanol–water partition coefficient (Wildman–Crippen LogP) is 7.68. The molecule has 2 unspecified atom stereocenters. The number of carbonyl (C=O) groups excluding carboxylic acids is 1. The molecular weight excluding hydrogens is 745 g/mol. The normalized spacial score (nSPS) is 18.9. The molecular formula is C43H50N6O7S. The van der Waals surface area contributed by atoms with Crippen molar-refractivity contribution in [2.75, 3.05) is 13.1 Å². The molecule has 1 fully saturated rings. The molecule has 13 nitrogen and oxygen atoms in total. The van der Waals surface area contributed by atoms with Crippen LogP contribution >= 0.6 is 0 Å². The van der Waals surface area contributed by atoms with E-state index in [0.717, 1.165) is 26.4 Å². The Morgan fingerprint density at radius 3 is 2.33 bits per heavy atom. The number of ether oxygens (including phenoxy) is 2. The third-order valence-electron chi connectivity index (χ3n) is 11.2. The molecule has 5 aromatic rings. The average Bonchev–Trinajstić information content (AvgIpc) is 3.73. The minimum atomic E-state index is -4.36. The van der Waals surface area contributed by atoms with Crippen molar-refractivity contribution in [3.63, 3.8) is 0 Å². The number of H-pyrrole nitrogens is 1. The van der Waals surface area contributed by atoms with Crippen LogP contribution in [0.1, 0.15) is 88.9 Å². The van der Waals surface area contributed by atoms with Crippen LogP contribution in [0.2, 0.25) is 0 Å². The van der Waals surface area contributed by atoms with Crippen molar-refractivity contribution in [2.24, 2.45) is 0 Å². The van der Waals surface area contributed by atoms with E-state index in [9.17, 15) is 14.4 Å². The average molecular weight is 795 g/mol.